The number of amides is 2. The Balaban J connectivity index is 1.97. The van der Waals surface area contributed by atoms with Crippen LogP contribution in [0.1, 0.15) is 18.5 Å². The summed E-state index contributed by atoms with van der Waals surface area (Å²) >= 11 is 0. The minimum atomic E-state index is -0.464. The lowest BCUT2D eigenvalue weighted by Gasteiger charge is -2.15. The van der Waals surface area contributed by atoms with Gasteiger partial charge >= 0.3 is 6.03 Å². The van der Waals surface area contributed by atoms with Crippen LogP contribution in [-0.2, 0) is 0 Å². The van der Waals surface area contributed by atoms with Crippen LogP contribution in [0.15, 0.2) is 48.8 Å². The van der Waals surface area contributed by atoms with Crippen molar-refractivity contribution < 1.29 is 9.18 Å². The van der Waals surface area contributed by atoms with Gasteiger partial charge in [0.25, 0.3) is 0 Å². The summed E-state index contributed by atoms with van der Waals surface area (Å²) in [5.41, 5.74) is 1.08. The van der Waals surface area contributed by atoms with Gasteiger partial charge in [-0.05, 0) is 36.8 Å². The van der Waals surface area contributed by atoms with Gasteiger partial charge in [0.05, 0.1) is 11.7 Å². The number of nitrogens with one attached hydrogen (secondary N) is 2. The normalized spacial score (nSPS) is 11.7. The molecule has 2 amide bonds. The average molecular weight is 259 g/mol. The van der Waals surface area contributed by atoms with E-state index in [-0.39, 0.29) is 11.7 Å². The molecule has 0 saturated carbocycles. The van der Waals surface area contributed by atoms with Gasteiger partial charge in [-0.2, -0.15) is 0 Å². The molecule has 0 aliphatic rings. The molecule has 98 valence electrons. The van der Waals surface area contributed by atoms with Crippen LogP contribution in [0.2, 0.25) is 0 Å². The summed E-state index contributed by atoms with van der Waals surface area (Å²) in [5, 5.41) is 5.20. The fourth-order valence-electron chi connectivity index (χ4n) is 1.65. The first-order chi connectivity index (χ1) is 9.16. The number of benzene rings is 1. The lowest BCUT2D eigenvalue weighted by Crippen LogP contribution is -2.31. The summed E-state index contributed by atoms with van der Waals surface area (Å²) in [5.74, 6) is -0.464. The fraction of sp³-hybridized carbons (Fsp3) is 0.143. The number of rotatable bonds is 3. The molecule has 2 aromatic rings. The third kappa shape index (κ3) is 3.51. The van der Waals surface area contributed by atoms with Gasteiger partial charge in [-0.3, -0.25) is 4.98 Å². The van der Waals surface area contributed by atoms with Crippen LogP contribution in [0.25, 0.3) is 0 Å². The van der Waals surface area contributed by atoms with E-state index in [4.69, 9.17) is 0 Å². The van der Waals surface area contributed by atoms with E-state index in [9.17, 15) is 9.18 Å². The summed E-state index contributed by atoms with van der Waals surface area (Å²) in [6, 6.07) is 9.02. The lowest BCUT2D eigenvalue weighted by atomic mass is 10.1. The first-order valence-corrected chi connectivity index (χ1v) is 5.89. The second kappa shape index (κ2) is 5.95. The van der Waals surface area contributed by atoms with Crippen molar-refractivity contribution in [3.05, 3.63) is 60.2 Å². The molecule has 2 N–H and O–H groups in total. The zero-order chi connectivity index (χ0) is 13.7. The maximum absolute atomic E-state index is 13.4. The summed E-state index contributed by atoms with van der Waals surface area (Å²) in [6.07, 6.45) is 3.31. The third-order valence-electron chi connectivity index (χ3n) is 2.68. The van der Waals surface area contributed by atoms with Crippen LogP contribution in [0, 0.1) is 5.82 Å². The second-order valence-corrected chi connectivity index (χ2v) is 4.08. The van der Waals surface area contributed by atoms with Crippen molar-refractivity contribution in [3.8, 4) is 0 Å². The molecule has 2 rings (SSSR count). The van der Waals surface area contributed by atoms with Crippen LogP contribution in [0.3, 0.4) is 0 Å². The average Bonchev–Trinajstić information content (AvgIpc) is 2.42. The molecule has 0 aliphatic carbocycles. The number of hydrogen-bond acceptors (Lipinski definition) is 2. The van der Waals surface area contributed by atoms with Crippen LogP contribution >= 0.6 is 0 Å². The van der Waals surface area contributed by atoms with E-state index < -0.39 is 11.8 Å². The van der Waals surface area contributed by atoms with E-state index in [2.05, 4.69) is 15.6 Å². The number of hydrogen-bond donors (Lipinski definition) is 2. The van der Waals surface area contributed by atoms with Crippen LogP contribution in [0.4, 0.5) is 14.9 Å². The van der Waals surface area contributed by atoms with Crippen LogP contribution in [0.5, 0.6) is 0 Å². The molecular weight excluding hydrogens is 245 g/mol. The van der Waals surface area contributed by atoms with Crippen molar-refractivity contribution in [1.82, 2.24) is 10.3 Å². The minimum absolute atomic E-state index is 0.155. The Bertz CT molecular complexity index is 560. The standard InChI is InChI=1S/C14H14FN3O/c1-10(11-6-8-16-9-7-11)17-14(19)18-13-5-3-2-4-12(13)15/h2-10H,1H3,(H2,17,18,19)/t10-/m0/s1. The number of carbonyl (C=O) groups excluding carboxylic acids is 1. The Morgan fingerprint density at radius 2 is 1.89 bits per heavy atom. The number of urea groups is 1. The summed E-state index contributed by atoms with van der Waals surface area (Å²) in [4.78, 5) is 15.7. The second-order valence-electron chi connectivity index (χ2n) is 4.08. The van der Waals surface area contributed by atoms with E-state index in [1.165, 1.54) is 12.1 Å². The predicted octanol–water partition coefficient (Wildman–Crippen LogP) is 3.10. The predicted molar refractivity (Wildman–Crippen MR) is 71.2 cm³/mol. The molecule has 19 heavy (non-hydrogen) atoms. The maximum Gasteiger partial charge on any atom is 0.319 e. The quantitative estimate of drug-likeness (QED) is 0.889. The van der Waals surface area contributed by atoms with E-state index in [1.807, 2.05) is 19.1 Å². The number of nitrogens with zero attached hydrogens (tertiary/aromatic N) is 1. The third-order valence-corrected chi connectivity index (χ3v) is 2.68. The Labute approximate surface area is 110 Å². The number of anilines is 1. The zero-order valence-electron chi connectivity index (χ0n) is 10.4. The monoisotopic (exact) mass is 259 g/mol. The van der Waals surface area contributed by atoms with Gasteiger partial charge in [0.15, 0.2) is 0 Å². The smallest absolute Gasteiger partial charge is 0.319 e. The van der Waals surface area contributed by atoms with E-state index in [1.54, 1.807) is 24.5 Å². The highest BCUT2D eigenvalue weighted by Gasteiger charge is 2.10. The van der Waals surface area contributed by atoms with Gasteiger partial charge in [-0.15, -0.1) is 0 Å². The molecule has 1 atom stereocenters. The molecule has 0 fully saturated rings. The van der Waals surface area contributed by atoms with Crippen molar-refractivity contribution in [2.24, 2.45) is 0 Å². The minimum Gasteiger partial charge on any atom is -0.331 e. The van der Waals surface area contributed by atoms with Gasteiger partial charge in [0.1, 0.15) is 5.82 Å². The van der Waals surface area contributed by atoms with Crippen molar-refractivity contribution >= 4 is 11.7 Å². The summed E-state index contributed by atoms with van der Waals surface area (Å²) in [6.45, 7) is 1.84. The van der Waals surface area contributed by atoms with Gasteiger partial charge in [0, 0.05) is 12.4 Å². The SMILES string of the molecule is C[C@H](NC(=O)Nc1ccccc1F)c1ccncc1. The largest absolute Gasteiger partial charge is 0.331 e. The van der Waals surface area contributed by atoms with E-state index in [0.29, 0.717) is 0 Å². The van der Waals surface area contributed by atoms with Gasteiger partial charge < -0.3 is 10.6 Å². The highest BCUT2D eigenvalue weighted by Crippen LogP contribution is 2.14. The van der Waals surface area contributed by atoms with Crippen molar-refractivity contribution in [3.63, 3.8) is 0 Å². The molecule has 1 heterocycles. The van der Waals surface area contributed by atoms with Crippen LogP contribution in [-0.4, -0.2) is 11.0 Å². The van der Waals surface area contributed by atoms with Gasteiger partial charge in [-0.25, -0.2) is 9.18 Å². The molecule has 0 radical (unpaired) electrons. The number of para-hydroxylation sites is 1. The Morgan fingerprint density at radius 1 is 1.21 bits per heavy atom. The topological polar surface area (TPSA) is 54.0 Å². The van der Waals surface area contributed by atoms with Gasteiger partial charge in [-0.1, -0.05) is 12.1 Å². The lowest BCUT2D eigenvalue weighted by molar-refractivity contribution is 0.249. The van der Waals surface area contributed by atoms with Crippen molar-refractivity contribution in [2.45, 2.75) is 13.0 Å². The highest BCUT2D eigenvalue weighted by atomic mass is 19.1. The van der Waals surface area contributed by atoms with Crippen molar-refractivity contribution in [1.29, 1.82) is 0 Å². The molecule has 0 unspecified atom stereocenters. The molecule has 5 heteroatoms. The highest BCUT2D eigenvalue weighted by molar-refractivity contribution is 5.89. The van der Waals surface area contributed by atoms with E-state index >= 15 is 0 Å². The van der Waals surface area contributed by atoms with Gasteiger partial charge in [0.2, 0.25) is 0 Å². The molecule has 1 aromatic carbocycles. The molecule has 0 saturated heterocycles. The fourth-order valence-corrected chi connectivity index (χ4v) is 1.65. The molecule has 0 spiro atoms. The maximum atomic E-state index is 13.4. The number of carbonyl (C=O) groups is 1. The Morgan fingerprint density at radius 3 is 2.58 bits per heavy atom. The molecule has 1 aromatic heterocycles. The van der Waals surface area contributed by atoms with Crippen LogP contribution < -0.4 is 10.6 Å². The van der Waals surface area contributed by atoms with Crippen molar-refractivity contribution in [2.75, 3.05) is 5.32 Å². The number of pyridine rings is 1. The zero-order valence-corrected chi connectivity index (χ0v) is 10.4. The Hall–Kier alpha value is -2.43. The first-order valence-electron chi connectivity index (χ1n) is 5.89. The Kier molecular flexibility index (Phi) is 4.07. The molecule has 0 aliphatic heterocycles. The summed E-state index contributed by atoms with van der Waals surface area (Å²) < 4.78 is 13.4. The number of aromatic nitrogens is 1. The van der Waals surface area contributed by atoms with E-state index in [0.717, 1.165) is 5.56 Å². The molecular formula is C14H14FN3O. The molecule has 4 nitrogen and oxygen atoms in total. The summed E-state index contributed by atoms with van der Waals surface area (Å²) in [7, 11) is 0. The molecule has 0 bridgehead atoms. The first kappa shape index (κ1) is 13.0. The number of halogens is 1.